The first-order valence-electron chi connectivity index (χ1n) is 8.23. The molecule has 1 atom stereocenters. The van der Waals surface area contributed by atoms with Gasteiger partial charge in [-0.05, 0) is 37.3 Å². The van der Waals surface area contributed by atoms with Gasteiger partial charge in [-0.2, -0.15) is 0 Å². The Balaban J connectivity index is 1.97. The second-order valence-corrected chi connectivity index (χ2v) is 6.95. The second kappa shape index (κ2) is 7.86. The number of carbonyl (C=O) groups is 3. The van der Waals surface area contributed by atoms with E-state index >= 15 is 0 Å². The highest BCUT2D eigenvalue weighted by Crippen LogP contribution is 2.20. The molecule has 26 heavy (non-hydrogen) atoms. The van der Waals surface area contributed by atoms with Crippen LogP contribution in [0.3, 0.4) is 0 Å². The lowest BCUT2D eigenvalue weighted by atomic mass is 9.95. The number of nitrogens with one attached hydrogen (secondary N) is 3. The number of hydrogen-bond acceptors (Lipinski definition) is 4. The average Bonchev–Trinajstić information content (AvgIpc) is 3.08. The summed E-state index contributed by atoms with van der Waals surface area (Å²) in [5, 5.41) is 8.07. The molecule has 1 heterocycles. The molecule has 7 nitrogen and oxygen atoms in total. The van der Waals surface area contributed by atoms with Crippen molar-refractivity contribution in [3.8, 4) is 0 Å². The minimum absolute atomic E-state index is 0.125. The van der Waals surface area contributed by atoms with Crippen molar-refractivity contribution in [2.75, 3.05) is 10.6 Å². The zero-order chi connectivity index (χ0) is 19.3. The summed E-state index contributed by atoms with van der Waals surface area (Å²) in [7, 11) is 0. The van der Waals surface area contributed by atoms with Crippen LogP contribution in [0.15, 0.2) is 47.1 Å². The Hall–Kier alpha value is -3.09. The molecule has 0 saturated carbocycles. The first-order chi connectivity index (χ1) is 12.2. The van der Waals surface area contributed by atoms with Gasteiger partial charge in [-0.3, -0.25) is 14.4 Å². The zero-order valence-electron chi connectivity index (χ0n) is 15.3. The highest BCUT2D eigenvalue weighted by Gasteiger charge is 2.21. The maximum absolute atomic E-state index is 12.3. The molecule has 0 aliphatic carbocycles. The molecular formula is C19H23N3O4. The van der Waals surface area contributed by atoms with E-state index in [1.54, 1.807) is 37.3 Å². The molecule has 1 aromatic carbocycles. The SMILES string of the molecule is C[C@@H](NC(=O)c1ccco1)C(=O)Nc1cccc(NC(=O)C(C)(C)C)c1. The first-order valence-corrected chi connectivity index (χ1v) is 8.23. The molecule has 0 radical (unpaired) electrons. The molecule has 0 bridgehead atoms. The second-order valence-electron chi connectivity index (χ2n) is 6.95. The van der Waals surface area contributed by atoms with Crippen molar-refractivity contribution in [3.05, 3.63) is 48.4 Å². The highest BCUT2D eigenvalue weighted by atomic mass is 16.3. The van der Waals surface area contributed by atoms with Crippen LogP contribution >= 0.6 is 0 Å². The Labute approximate surface area is 152 Å². The number of carbonyl (C=O) groups excluding carboxylic acids is 3. The standard InChI is InChI=1S/C19H23N3O4/c1-12(20-17(24)15-9-6-10-26-15)16(23)21-13-7-5-8-14(11-13)22-18(25)19(2,3)4/h5-12H,1-4H3,(H,20,24)(H,21,23)(H,22,25)/t12-/m1/s1. The van der Waals surface area contributed by atoms with E-state index < -0.39 is 17.4 Å². The fraction of sp³-hybridized carbons (Fsp3) is 0.316. The van der Waals surface area contributed by atoms with E-state index in [4.69, 9.17) is 4.42 Å². The average molecular weight is 357 g/mol. The number of rotatable bonds is 5. The lowest BCUT2D eigenvalue weighted by Gasteiger charge is -2.18. The summed E-state index contributed by atoms with van der Waals surface area (Å²) >= 11 is 0. The van der Waals surface area contributed by atoms with E-state index in [1.165, 1.54) is 12.3 Å². The van der Waals surface area contributed by atoms with Crippen LogP contribution in [0.4, 0.5) is 11.4 Å². The van der Waals surface area contributed by atoms with Gasteiger partial charge in [0.2, 0.25) is 11.8 Å². The number of hydrogen-bond donors (Lipinski definition) is 3. The van der Waals surface area contributed by atoms with Crippen LogP contribution in [0, 0.1) is 5.41 Å². The summed E-state index contributed by atoms with van der Waals surface area (Å²) in [5.74, 6) is -0.843. The summed E-state index contributed by atoms with van der Waals surface area (Å²) in [4.78, 5) is 36.2. The van der Waals surface area contributed by atoms with Gasteiger partial charge in [0.1, 0.15) is 6.04 Å². The number of benzene rings is 1. The molecule has 2 rings (SSSR count). The fourth-order valence-electron chi connectivity index (χ4n) is 1.98. The molecule has 0 saturated heterocycles. The van der Waals surface area contributed by atoms with Crippen molar-refractivity contribution >= 4 is 29.1 Å². The van der Waals surface area contributed by atoms with E-state index in [-0.39, 0.29) is 17.6 Å². The minimum atomic E-state index is -0.763. The van der Waals surface area contributed by atoms with Crippen LogP contribution in [-0.2, 0) is 9.59 Å². The van der Waals surface area contributed by atoms with Gasteiger partial charge in [0.05, 0.1) is 6.26 Å². The molecule has 1 aromatic heterocycles. The molecule has 7 heteroatoms. The Bertz CT molecular complexity index is 791. The number of furan rings is 1. The third-order valence-electron chi connectivity index (χ3n) is 3.56. The van der Waals surface area contributed by atoms with Crippen LogP contribution in [-0.4, -0.2) is 23.8 Å². The molecule has 0 unspecified atom stereocenters. The molecule has 0 spiro atoms. The summed E-state index contributed by atoms with van der Waals surface area (Å²) < 4.78 is 4.99. The van der Waals surface area contributed by atoms with Gasteiger partial charge >= 0.3 is 0 Å². The third-order valence-corrected chi connectivity index (χ3v) is 3.56. The Morgan fingerprint density at radius 1 is 1.00 bits per heavy atom. The normalized spacial score (nSPS) is 12.2. The van der Waals surface area contributed by atoms with Crippen LogP contribution in [0.1, 0.15) is 38.2 Å². The van der Waals surface area contributed by atoms with Crippen LogP contribution in [0.2, 0.25) is 0 Å². The molecule has 0 aliphatic heterocycles. The van der Waals surface area contributed by atoms with Crippen molar-refractivity contribution in [1.29, 1.82) is 0 Å². The number of amides is 3. The van der Waals surface area contributed by atoms with Crippen LogP contribution in [0.25, 0.3) is 0 Å². The van der Waals surface area contributed by atoms with Gasteiger partial charge in [-0.25, -0.2) is 0 Å². The summed E-state index contributed by atoms with van der Waals surface area (Å²) in [5.41, 5.74) is 0.569. The summed E-state index contributed by atoms with van der Waals surface area (Å²) in [6.45, 7) is 7.02. The van der Waals surface area contributed by atoms with E-state index in [0.29, 0.717) is 11.4 Å². The van der Waals surface area contributed by atoms with E-state index in [9.17, 15) is 14.4 Å². The topological polar surface area (TPSA) is 100 Å². The molecule has 0 aliphatic rings. The lowest BCUT2D eigenvalue weighted by Crippen LogP contribution is -2.41. The Kier molecular flexibility index (Phi) is 5.82. The maximum Gasteiger partial charge on any atom is 0.287 e. The van der Waals surface area contributed by atoms with Gasteiger partial charge in [-0.15, -0.1) is 0 Å². The smallest absolute Gasteiger partial charge is 0.287 e. The monoisotopic (exact) mass is 357 g/mol. The van der Waals surface area contributed by atoms with E-state index in [2.05, 4.69) is 16.0 Å². The van der Waals surface area contributed by atoms with Crippen molar-refractivity contribution in [1.82, 2.24) is 5.32 Å². The van der Waals surface area contributed by atoms with Crippen molar-refractivity contribution in [2.45, 2.75) is 33.7 Å². The van der Waals surface area contributed by atoms with Crippen molar-refractivity contribution in [3.63, 3.8) is 0 Å². The van der Waals surface area contributed by atoms with Gasteiger partial charge in [0.15, 0.2) is 5.76 Å². The van der Waals surface area contributed by atoms with E-state index in [1.807, 2.05) is 20.8 Å². The van der Waals surface area contributed by atoms with Crippen molar-refractivity contribution in [2.24, 2.45) is 5.41 Å². The maximum atomic E-state index is 12.3. The molecule has 0 fully saturated rings. The largest absolute Gasteiger partial charge is 0.459 e. The predicted octanol–water partition coefficient (Wildman–Crippen LogP) is 3.02. The first kappa shape index (κ1) is 19.2. The van der Waals surface area contributed by atoms with E-state index in [0.717, 1.165) is 0 Å². The van der Waals surface area contributed by atoms with Gasteiger partial charge in [-0.1, -0.05) is 26.8 Å². The van der Waals surface area contributed by atoms with Gasteiger partial charge in [0, 0.05) is 16.8 Å². The van der Waals surface area contributed by atoms with Crippen LogP contribution < -0.4 is 16.0 Å². The van der Waals surface area contributed by atoms with Crippen LogP contribution in [0.5, 0.6) is 0 Å². The molecule has 138 valence electrons. The predicted molar refractivity (Wildman–Crippen MR) is 98.8 cm³/mol. The quantitative estimate of drug-likeness (QED) is 0.766. The number of anilines is 2. The Morgan fingerprint density at radius 3 is 2.23 bits per heavy atom. The minimum Gasteiger partial charge on any atom is -0.459 e. The molecule has 2 aromatic rings. The molecule has 3 N–H and O–H groups in total. The highest BCUT2D eigenvalue weighted by molar-refractivity contribution is 6.00. The Morgan fingerprint density at radius 2 is 1.65 bits per heavy atom. The summed E-state index contributed by atoms with van der Waals surface area (Å²) in [6, 6.07) is 9.16. The van der Waals surface area contributed by atoms with Gasteiger partial charge < -0.3 is 20.4 Å². The zero-order valence-corrected chi connectivity index (χ0v) is 15.3. The lowest BCUT2D eigenvalue weighted by molar-refractivity contribution is -0.123. The van der Waals surface area contributed by atoms with Crippen molar-refractivity contribution < 1.29 is 18.8 Å². The summed E-state index contributed by atoms with van der Waals surface area (Å²) in [6.07, 6.45) is 1.39. The molecule has 3 amide bonds. The fourth-order valence-corrected chi connectivity index (χ4v) is 1.98. The van der Waals surface area contributed by atoms with Gasteiger partial charge in [0.25, 0.3) is 5.91 Å². The third kappa shape index (κ3) is 5.20. The molecular weight excluding hydrogens is 334 g/mol.